The summed E-state index contributed by atoms with van der Waals surface area (Å²) in [4.78, 5) is 31.0. The Morgan fingerprint density at radius 2 is 1.10 bits per heavy atom. The number of hydrogen-bond acceptors (Lipinski definition) is 3. The van der Waals surface area contributed by atoms with Crippen LogP contribution in [0.2, 0.25) is 0 Å². The molecule has 58 valence electrons. The molecule has 0 spiro atoms. The van der Waals surface area contributed by atoms with E-state index in [-0.39, 0.29) is 45.5 Å². The Labute approximate surface area is 93.2 Å². The quantitative estimate of drug-likeness (QED) is 0.365. The van der Waals surface area contributed by atoms with Crippen LogP contribution in [-0.2, 0) is 13.4 Å². The van der Waals surface area contributed by atoms with E-state index in [9.17, 15) is 9.13 Å². The molecule has 0 fully saturated rings. The Morgan fingerprint density at radius 1 is 0.900 bits per heavy atom. The fourth-order valence-corrected chi connectivity index (χ4v) is 1.25. The number of phosphoric acid groups is 2. The van der Waals surface area contributed by atoms with Gasteiger partial charge in [-0.05, 0) is 0 Å². The second-order valence-electron chi connectivity index (χ2n) is 1.06. The van der Waals surface area contributed by atoms with Gasteiger partial charge in [0.15, 0.2) is 0 Å². The van der Waals surface area contributed by atoms with Gasteiger partial charge in [-0.25, -0.2) is 9.13 Å². The number of hydrogen-bond donors (Lipinski definition) is 4. The first-order valence-corrected chi connectivity index (χ1v) is 4.59. The van der Waals surface area contributed by atoms with Gasteiger partial charge in [-0.15, -0.1) is 0 Å². The first-order chi connectivity index (χ1) is 3.71. The van der Waals surface area contributed by atoms with Gasteiger partial charge in [0.05, 0.1) is 0 Å². The van der Waals surface area contributed by atoms with Crippen molar-refractivity contribution in [3.05, 3.63) is 0 Å². The Hall–Kier alpha value is 1.74. The van der Waals surface area contributed by atoms with E-state index >= 15 is 0 Å². The molecule has 0 bridgehead atoms. The van der Waals surface area contributed by atoms with Gasteiger partial charge in [0, 0.05) is 45.5 Å². The third kappa shape index (κ3) is 12.4. The molecular weight excluding hydrogens is 262 g/mol. The zero-order valence-electron chi connectivity index (χ0n) is 4.62. The van der Waals surface area contributed by atoms with E-state index in [1.165, 1.54) is 0 Å². The molecular formula is H4O7P2Sr. The standard InChI is InChI=1S/H4O7P2.Sr/c1-8(2,3)7-9(4,5)6;/h(H2,1,2,3)(H2,4,5,6);. The van der Waals surface area contributed by atoms with Crippen LogP contribution in [-0.4, -0.2) is 65.1 Å². The Balaban J connectivity index is 0. The van der Waals surface area contributed by atoms with Gasteiger partial charge in [0.25, 0.3) is 0 Å². The second kappa shape index (κ2) is 4.69. The minimum atomic E-state index is -5.05. The molecule has 0 atom stereocenters. The van der Waals surface area contributed by atoms with Crippen LogP contribution in [0.25, 0.3) is 0 Å². The van der Waals surface area contributed by atoms with Crippen LogP contribution in [0.15, 0.2) is 0 Å². The molecule has 0 aliphatic carbocycles. The van der Waals surface area contributed by atoms with Gasteiger partial charge in [-0.1, -0.05) is 0 Å². The molecule has 0 saturated carbocycles. The summed E-state index contributed by atoms with van der Waals surface area (Å²) in [6.45, 7) is 0. The molecule has 4 N–H and O–H groups in total. The molecule has 0 aliphatic rings. The van der Waals surface area contributed by atoms with E-state index in [0.29, 0.717) is 0 Å². The van der Waals surface area contributed by atoms with Crippen molar-refractivity contribution in [2.45, 2.75) is 0 Å². The zero-order valence-corrected chi connectivity index (χ0v) is 9.88. The van der Waals surface area contributed by atoms with Crippen molar-refractivity contribution < 1.29 is 33.0 Å². The van der Waals surface area contributed by atoms with E-state index < -0.39 is 15.6 Å². The first-order valence-electron chi connectivity index (χ1n) is 1.53. The van der Waals surface area contributed by atoms with Crippen LogP contribution in [0.5, 0.6) is 0 Å². The van der Waals surface area contributed by atoms with Gasteiger partial charge in [0.1, 0.15) is 0 Å². The summed E-state index contributed by atoms with van der Waals surface area (Å²) in [5, 5.41) is 0. The van der Waals surface area contributed by atoms with E-state index in [1.54, 1.807) is 0 Å². The van der Waals surface area contributed by atoms with E-state index in [2.05, 4.69) is 4.31 Å². The van der Waals surface area contributed by atoms with Crippen LogP contribution >= 0.6 is 15.6 Å². The third-order valence-corrected chi connectivity index (χ3v) is 1.91. The maximum atomic E-state index is 9.63. The summed E-state index contributed by atoms with van der Waals surface area (Å²) in [5.41, 5.74) is 0. The minimum Gasteiger partial charge on any atom is -0.302 e. The molecule has 0 unspecified atom stereocenters. The van der Waals surface area contributed by atoms with Crippen LogP contribution in [0, 0.1) is 0 Å². The molecule has 7 nitrogen and oxygen atoms in total. The van der Waals surface area contributed by atoms with Gasteiger partial charge >= 0.3 is 15.6 Å². The van der Waals surface area contributed by atoms with Crippen LogP contribution in [0.4, 0.5) is 0 Å². The van der Waals surface area contributed by atoms with Crippen LogP contribution in [0.1, 0.15) is 0 Å². The largest absolute Gasteiger partial charge is 0.478 e. The average molecular weight is 266 g/mol. The molecule has 0 aliphatic heterocycles. The molecule has 0 aromatic rings. The normalized spacial score (nSPS) is 12.4. The molecule has 10 heteroatoms. The van der Waals surface area contributed by atoms with Gasteiger partial charge < -0.3 is 19.6 Å². The molecule has 0 saturated heterocycles. The summed E-state index contributed by atoms with van der Waals surface area (Å²) >= 11 is 0. The zero-order chi connectivity index (χ0) is 7.71. The molecule has 0 aromatic heterocycles. The maximum absolute atomic E-state index is 9.63. The van der Waals surface area contributed by atoms with Crippen molar-refractivity contribution in [3.8, 4) is 0 Å². The third-order valence-electron chi connectivity index (χ3n) is 0.213. The molecule has 2 radical (unpaired) electrons. The summed E-state index contributed by atoms with van der Waals surface area (Å²) < 4.78 is 22.2. The monoisotopic (exact) mass is 266 g/mol. The molecule has 0 rings (SSSR count). The maximum Gasteiger partial charge on any atom is 0.478 e. The smallest absolute Gasteiger partial charge is 0.302 e. The first kappa shape index (κ1) is 14.3. The fourth-order valence-electron chi connectivity index (χ4n) is 0.139. The molecule has 0 aromatic carbocycles. The summed E-state index contributed by atoms with van der Waals surface area (Å²) in [5.74, 6) is 0. The second-order valence-corrected chi connectivity index (χ2v) is 3.68. The van der Waals surface area contributed by atoms with Crippen molar-refractivity contribution in [1.29, 1.82) is 0 Å². The summed E-state index contributed by atoms with van der Waals surface area (Å²) in [6.07, 6.45) is 0. The van der Waals surface area contributed by atoms with Crippen molar-refractivity contribution in [2.24, 2.45) is 0 Å². The van der Waals surface area contributed by atoms with Gasteiger partial charge in [-0.2, -0.15) is 4.31 Å². The van der Waals surface area contributed by atoms with E-state index in [0.717, 1.165) is 0 Å². The van der Waals surface area contributed by atoms with Gasteiger partial charge in [0.2, 0.25) is 0 Å². The Bertz CT molecular complexity index is 152. The van der Waals surface area contributed by atoms with Crippen molar-refractivity contribution >= 4 is 61.1 Å². The fraction of sp³-hybridized carbons (Fsp3) is 0. The van der Waals surface area contributed by atoms with Gasteiger partial charge in [-0.3, -0.25) is 0 Å². The van der Waals surface area contributed by atoms with Crippen LogP contribution in [0.3, 0.4) is 0 Å². The van der Waals surface area contributed by atoms with Crippen molar-refractivity contribution in [1.82, 2.24) is 0 Å². The summed E-state index contributed by atoms with van der Waals surface area (Å²) in [7, 11) is -10.1. The van der Waals surface area contributed by atoms with E-state index in [1.807, 2.05) is 0 Å². The Morgan fingerprint density at radius 3 is 1.10 bits per heavy atom. The molecule has 0 heterocycles. The van der Waals surface area contributed by atoms with Crippen molar-refractivity contribution in [3.63, 3.8) is 0 Å². The minimum absolute atomic E-state index is 0. The summed E-state index contributed by atoms with van der Waals surface area (Å²) in [6, 6.07) is 0. The topological polar surface area (TPSA) is 124 Å². The van der Waals surface area contributed by atoms with Crippen LogP contribution < -0.4 is 0 Å². The SMILES string of the molecule is O=P(O)(O)OP(=O)(O)O.[Sr]. The predicted molar refractivity (Wildman–Crippen MR) is 30.9 cm³/mol. The molecule has 10 heavy (non-hydrogen) atoms. The average Bonchev–Trinajstić information content (AvgIpc) is 1.14. The number of rotatable bonds is 2. The Kier molecular flexibility index (Phi) is 6.69. The predicted octanol–water partition coefficient (Wildman–Crippen LogP) is -1.19. The molecule has 0 amide bonds. The van der Waals surface area contributed by atoms with Crippen molar-refractivity contribution in [2.75, 3.05) is 0 Å². The van der Waals surface area contributed by atoms with E-state index in [4.69, 9.17) is 19.6 Å².